The molecule has 16 heavy (non-hydrogen) atoms. The minimum atomic E-state index is -1.53. The first-order valence-electron chi connectivity index (χ1n) is 4.62. The fraction of sp³-hybridized carbons (Fsp3) is 0.273. The number of carboxylic acid groups (broad SMARTS) is 1. The number of hydrogen-bond acceptors (Lipinski definition) is 4. The molecule has 5 nitrogen and oxygen atoms in total. The number of carbonyl (C=O) groups excluding carboxylic acids is 1. The number of aliphatic carboxylic acids is 1. The zero-order valence-corrected chi connectivity index (χ0v) is 8.71. The minimum Gasteiger partial charge on any atom is -0.497 e. The van der Waals surface area contributed by atoms with Crippen LogP contribution in [-0.4, -0.2) is 29.1 Å². The third-order valence-electron chi connectivity index (χ3n) is 2.12. The fourth-order valence-corrected chi connectivity index (χ4v) is 1.21. The quantitative estimate of drug-likeness (QED) is 0.722. The first kappa shape index (κ1) is 12.2. The normalized spacial score (nSPS) is 11.9. The van der Waals surface area contributed by atoms with Gasteiger partial charge in [-0.15, -0.1) is 0 Å². The van der Waals surface area contributed by atoms with E-state index in [1.807, 2.05) is 0 Å². The molecule has 0 aliphatic carbocycles. The summed E-state index contributed by atoms with van der Waals surface area (Å²) < 4.78 is 4.93. The number of carboxylic acids is 1. The van der Waals surface area contributed by atoms with Gasteiger partial charge in [-0.05, 0) is 17.7 Å². The Bertz CT molecular complexity index is 382. The molecule has 0 amide bonds. The largest absolute Gasteiger partial charge is 0.497 e. The highest BCUT2D eigenvalue weighted by Crippen LogP contribution is 2.20. The topological polar surface area (TPSA) is 83.8 Å². The smallest absolute Gasteiger partial charge is 0.372 e. The Morgan fingerprint density at radius 2 is 1.88 bits per heavy atom. The number of aliphatic hydroxyl groups is 1. The second kappa shape index (κ2) is 5.27. The van der Waals surface area contributed by atoms with Crippen LogP contribution in [0.4, 0.5) is 0 Å². The average Bonchev–Trinajstić information content (AvgIpc) is 2.28. The Kier molecular flexibility index (Phi) is 4.02. The lowest BCUT2D eigenvalue weighted by Crippen LogP contribution is -2.16. The van der Waals surface area contributed by atoms with Gasteiger partial charge < -0.3 is 14.9 Å². The summed E-state index contributed by atoms with van der Waals surface area (Å²) in [5.74, 6) is -1.92. The van der Waals surface area contributed by atoms with E-state index < -0.39 is 24.3 Å². The molecule has 0 saturated carbocycles. The molecule has 0 saturated heterocycles. The van der Waals surface area contributed by atoms with Gasteiger partial charge in [0, 0.05) is 6.42 Å². The van der Waals surface area contributed by atoms with Gasteiger partial charge in [-0.1, -0.05) is 12.1 Å². The molecular formula is C11H12O5. The maximum Gasteiger partial charge on any atom is 0.372 e. The van der Waals surface area contributed by atoms with E-state index in [-0.39, 0.29) is 0 Å². The second-order valence-corrected chi connectivity index (χ2v) is 3.22. The standard InChI is InChI=1S/C11H12O5/c1-16-8-4-2-7(3-5-8)9(12)6-10(13)11(14)15/h2-5,9,12H,6H2,1H3,(H,14,15). The number of aliphatic hydroxyl groups excluding tert-OH is 1. The number of rotatable bonds is 5. The Morgan fingerprint density at radius 1 is 1.31 bits per heavy atom. The van der Waals surface area contributed by atoms with Crippen molar-refractivity contribution in [1.29, 1.82) is 0 Å². The van der Waals surface area contributed by atoms with Crippen molar-refractivity contribution in [2.45, 2.75) is 12.5 Å². The first-order valence-corrected chi connectivity index (χ1v) is 4.62. The van der Waals surface area contributed by atoms with Crippen LogP contribution >= 0.6 is 0 Å². The zero-order valence-electron chi connectivity index (χ0n) is 8.71. The molecule has 5 heteroatoms. The highest BCUT2D eigenvalue weighted by atomic mass is 16.5. The molecule has 0 heterocycles. The van der Waals surface area contributed by atoms with Crippen molar-refractivity contribution in [2.24, 2.45) is 0 Å². The van der Waals surface area contributed by atoms with E-state index in [9.17, 15) is 14.7 Å². The molecule has 0 bridgehead atoms. The van der Waals surface area contributed by atoms with E-state index >= 15 is 0 Å². The summed E-state index contributed by atoms with van der Waals surface area (Å²) in [6, 6.07) is 6.42. The minimum absolute atomic E-state index is 0.429. The van der Waals surface area contributed by atoms with Crippen molar-refractivity contribution in [1.82, 2.24) is 0 Å². The molecular weight excluding hydrogens is 212 g/mol. The summed E-state index contributed by atoms with van der Waals surface area (Å²) >= 11 is 0. The fourth-order valence-electron chi connectivity index (χ4n) is 1.21. The van der Waals surface area contributed by atoms with E-state index in [1.165, 1.54) is 7.11 Å². The molecule has 1 aromatic rings. The van der Waals surface area contributed by atoms with Crippen molar-refractivity contribution < 1.29 is 24.5 Å². The predicted molar refractivity (Wildman–Crippen MR) is 55.2 cm³/mol. The molecule has 0 aliphatic heterocycles. The first-order chi connectivity index (χ1) is 7.54. The van der Waals surface area contributed by atoms with E-state index in [2.05, 4.69) is 0 Å². The van der Waals surface area contributed by atoms with Crippen molar-refractivity contribution in [3.8, 4) is 5.75 Å². The summed E-state index contributed by atoms with van der Waals surface area (Å²) in [7, 11) is 1.51. The molecule has 0 fully saturated rings. The van der Waals surface area contributed by atoms with Crippen LogP contribution in [0.5, 0.6) is 5.75 Å². The number of Topliss-reactive ketones (excluding diaryl/α,β-unsaturated/α-hetero) is 1. The van der Waals surface area contributed by atoms with Crippen LogP contribution in [-0.2, 0) is 9.59 Å². The van der Waals surface area contributed by atoms with Gasteiger partial charge in [-0.2, -0.15) is 0 Å². The van der Waals surface area contributed by atoms with Crippen molar-refractivity contribution in [3.05, 3.63) is 29.8 Å². The zero-order chi connectivity index (χ0) is 12.1. The summed E-state index contributed by atoms with van der Waals surface area (Å²) in [4.78, 5) is 21.2. The van der Waals surface area contributed by atoms with Gasteiger partial charge in [-0.25, -0.2) is 4.79 Å². The molecule has 1 aromatic carbocycles. The highest BCUT2D eigenvalue weighted by Gasteiger charge is 2.18. The lowest BCUT2D eigenvalue weighted by Gasteiger charge is -2.09. The molecule has 0 aliphatic rings. The Balaban J connectivity index is 2.69. The van der Waals surface area contributed by atoms with Crippen molar-refractivity contribution in [2.75, 3.05) is 7.11 Å². The highest BCUT2D eigenvalue weighted by molar-refractivity contribution is 6.32. The summed E-state index contributed by atoms with van der Waals surface area (Å²) in [5, 5.41) is 18.0. The molecule has 0 radical (unpaired) electrons. The van der Waals surface area contributed by atoms with Crippen LogP contribution in [0.25, 0.3) is 0 Å². The van der Waals surface area contributed by atoms with Gasteiger partial charge in [0.05, 0.1) is 13.2 Å². The predicted octanol–water partition coefficient (Wildman–Crippen LogP) is 0.772. The van der Waals surface area contributed by atoms with Crippen LogP contribution in [0, 0.1) is 0 Å². The molecule has 0 spiro atoms. The van der Waals surface area contributed by atoms with Gasteiger partial charge in [-0.3, -0.25) is 4.79 Å². The molecule has 86 valence electrons. The molecule has 1 atom stereocenters. The summed E-state index contributed by atoms with van der Waals surface area (Å²) in [6.45, 7) is 0. The van der Waals surface area contributed by atoms with Gasteiger partial charge >= 0.3 is 5.97 Å². The number of hydrogen-bond donors (Lipinski definition) is 2. The maximum absolute atomic E-state index is 10.9. The lowest BCUT2D eigenvalue weighted by molar-refractivity contribution is -0.150. The van der Waals surface area contributed by atoms with E-state index in [4.69, 9.17) is 9.84 Å². The number of carbonyl (C=O) groups is 2. The van der Waals surface area contributed by atoms with Crippen molar-refractivity contribution >= 4 is 11.8 Å². The van der Waals surface area contributed by atoms with Crippen LogP contribution in [0.2, 0.25) is 0 Å². The van der Waals surface area contributed by atoms with Gasteiger partial charge in [0.15, 0.2) is 0 Å². The molecule has 1 rings (SSSR count). The van der Waals surface area contributed by atoms with Crippen molar-refractivity contribution in [3.63, 3.8) is 0 Å². The number of ketones is 1. The molecule has 0 aromatic heterocycles. The van der Waals surface area contributed by atoms with E-state index in [1.54, 1.807) is 24.3 Å². The van der Waals surface area contributed by atoms with Crippen LogP contribution in [0.1, 0.15) is 18.1 Å². The average molecular weight is 224 g/mol. The second-order valence-electron chi connectivity index (χ2n) is 3.22. The van der Waals surface area contributed by atoms with E-state index in [0.29, 0.717) is 11.3 Å². The monoisotopic (exact) mass is 224 g/mol. The van der Waals surface area contributed by atoms with Crippen LogP contribution < -0.4 is 4.74 Å². The van der Waals surface area contributed by atoms with Crippen LogP contribution in [0.15, 0.2) is 24.3 Å². The Morgan fingerprint density at radius 3 is 2.31 bits per heavy atom. The van der Waals surface area contributed by atoms with Gasteiger partial charge in [0.2, 0.25) is 5.78 Å². The van der Waals surface area contributed by atoms with Gasteiger partial charge in [0.1, 0.15) is 5.75 Å². The van der Waals surface area contributed by atoms with E-state index in [0.717, 1.165) is 0 Å². The summed E-state index contributed by atoms with van der Waals surface area (Å²) in [5.41, 5.74) is 0.482. The molecule has 1 unspecified atom stereocenters. The molecule has 2 N–H and O–H groups in total. The summed E-state index contributed by atoms with van der Waals surface area (Å²) in [6.07, 6.45) is -1.53. The third-order valence-corrected chi connectivity index (χ3v) is 2.12. The number of benzene rings is 1. The lowest BCUT2D eigenvalue weighted by atomic mass is 10.0. The Labute approximate surface area is 92.3 Å². The Hall–Kier alpha value is -1.88. The third kappa shape index (κ3) is 3.06. The van der Waals surface area contributed by atoms with Gasteiger partial charge in [0.25, 0.3) is 0 Å². The van der Waals surface area contributed by atoms with Crippen LogP contribution in [0.3, 0.4) is 0 Å². The number of methoxy groups -OCH3 is 1. The SMILES string of the molecule is COc1ccc(C(O)CC(=O)C(=O)O)cc1. The maximum atomic E-state index is 10.9. The number of ether oxygens (including phenoxy) is 1.